The second kappa shape index (κ2) is 6.28. The number of rotatable bonds is 6. The van der Waals surface area contributed by atoms with Crippen molar-refractivity contribution in [2.24, 2.45) is 0 Å². The van der Waals surface area contributed by atoms with Gasteiger partial charge in [0.2, 0.25) is 0 Å². The minimum atomic E-state index is -3.17. The number of alkyl halides is 3. The van der Waals surface area contributed by atoms with Gasteiger partial charge in [-0.15, -0.1) is 11.6 Å². The van der Waals surface area contributed by atoms with Crippen molar-refractivity contribution in [2.45, 2.75) is 18.9 Å². The summed E-state index contributed by atoms with van der Waals surface area (Å²) < 4.78 is 28.5. The number of carboxylic acid groups (broad SMARTS) is 1. The molecule has 19 heavy (non-hydrogen) atoms. The lowest BCUT2D eigenvalue weighted by atomic mass is 10.0. The zero-order valence-electron chi connectivity index (χ0n) is 9.31. The van der Waals surface area contributed by atoms with Crippen molar-refractivity contribution in [3.8, 4) is 5.75 Å². The van der Waals surface area contributed by atoms with Crippen molar-refractivity contribution in [1.29, 1.82) is 0 Å². The van der Waals surface area contributed by atoms with Crippen LogP contribution in [0.25, 0.3) is 0 Å². The van der Waals surface area contributed by atoms with Crippen LogP contribution in [0.4, 0.5) is 14.5 Å². The average Bonchev–Trinajstić information content (AvgIpc) is 2.29. The van der Waals surface area contributed by atoms with Crippen LogP contribution in [0.1, 0.15) is 11.1 Å². The molecule has 0 radical (unpaired) electrons. The number of nitro groups is 1. The van der Waals surface area contributed by atoms with Crippen molar-refractivity contribution in [2.75, 3.05) is 0 Å². The van der Waals surface area contributed by atoms with E-state index < -0.39 is 35.4 Å². The monoisotopic (exact) mass is 295 g/mol. The van der Waals surface area contributed by atoms with Gasteiger partial charge in [-0.25, -0.2) is 0 Å². The molecular formula is C10H8ClF2NO5. The fourth-order valence-electron chi connectivity index (χ4n) is 1.53. The van der Waals surface area contributed by atoms with Gasteiger partial charge in [0, 0.05) is 11.6 Å². The first-order valence-electron chi connectivity index (χ1n) is 4.88. The molecule has 0 bridgehead atoms. The first kappa shape index (κ1) is 15.1. The largest absolute Gasteiger partial charge is 0.481 e. The van der Waals surface area contributed by atoms with Gasteiger partial charge in [0.05, 0.1) is 22.8 Å². The Bertz CT molecular complexity index is 509. The standard InChI is InChI=1S/C10H8ClF2NO5/c11-4-6-5(3-9(15)16)8(19-10(12)13)2-1-7(6)14(17)18/h1-2,10H,3-4H2,(H,15,16). The van der Waals surface area contributed by atoms with Gasteiger partial charge >= 0.3 is 12.6 Å². The fourth-order valence-corrected chi connectivity index (χ4v) is 1.83. The first-order chi connectivity index (χ1) is 8.86. The minimum Gasteiger partial charge on any atom is -0.481 e. The Balaban J connectivity index is 3.40. The third-order valence-corrected chi connectivity index (χ3v) is 2.51. The van der Waals surface area contributed by atoms with Crippen LogP contribution in [0, 0.1) is 10.1 Å². The molecule has 0 heterocycles. The number of aliphatic carboxylic acids is 1. The molecule has 0 aliphatic heterocycles. The van der Waals surface area contributed by atoms with Crippen molar-refractivity contribution in [3.63, 3.8) is 0 Å². The fraction of sp³-hybridized carbons (Fsp3) is 0.300. The number of nitro benzene ring substituents is 1. The molecule has 0 spiro atoms. The topological polar surface area (TPSA) is 89.7 Å². The third-order valence-electron chi connectivity index (χ3n) is 2.24. The van der Waals surface area contributed by atoms with Gasteiger partial charge in [0.1, 0.15) is 5.75 Å². The van der Waals surface area contributed by atoms with Gasteiger partial charge in [-0.2, -0.15) is 8.78 Å². The van der Waals surface area contributed by atoms with E-state index in [-0.39, 0.29) is 17.0 Å². The molecule has 0 saturated heterocycles. The number of carbonyl (C=O) groups is 1. The molecule has 0 atom stereocenters. The molecule has 0 unspecified atom stereocenters. The van der Waals surface area contributed by atoms with Crippen LogP contribution in [-0.2, 0) is 17.1 Å². The zero-order valence-corrected chi connectivity index (χ0v) is 10.1. The highest BCUT2D eigenvalue weighted by atomic mass is 35.5. The molecule has 0 fully saturated rings. The van der Waals surface area contributed by atoms with Gasteiger partial charge < -0.3 is 9.84 Å². The molecule has 1 aromatic rings. The second-order valence-corrected chi connectivity index (χ2v) is 3.65. The maximum atomic E-state index is 12.2. The molecule has 0 aromatic heterocycles. The van der Waals surface area contributed by atoms with E-state index in [4.69, 9.17) is 16.7 Å². The minimum absolute atomic E-state index is 0.146. The van der Waals surface area contributed by atoms with Crippen LogP contribution < -0.4 is 4.74 Å². The number of carboxylic acids is 1. The normalized spacial score (nSPS) is 10.5. The van der Waals surface area contributed by atoms with Crippen LogP contribution in [-0.4, -0.2) is 22.6 Å². The van der Waals surface area contributed by atoms with Crippen molar-refractivity contribution in [3.05, 3.63) is 33.4 Å². The quantitative estimate of drug-likeness (QED) is 0.495. The van der Waals surface area contributed by atoms with Gasteiger partial charge in [0.15, 0.2) is 0 Å². The Kier molecular flexibility index (Phi) is 4.99. The van der Waals surface area contributed by atoms with Crippen LogP contribution in [0.5, 0.6) is 5.75 Å². The molecule has 9 heteroatoms. The summed E-state index contributed by atoms with van der Waals surface area (Å²) in [7, 11) is 0. The first-order valence-corrected chi connectivity index (χ1v) is 5.42. The van der Waals surface area contributed by atoms with E-state index in [0.29, 0.717) is 0 Å². The molecule has 0 aliphatic rings. The lowest BCUT2D eigenvalue weighted by Gasteiger charge is -2.12. The van der Waals surface area contributed by atoms with Crippen molar-refractivity contribution in [1.82, 2.24) is 0 Å². The summed E-state index contributed by atoms with van der Waals surface area (Å²) in [6.07, 6.45) is -0.703. The summed E-state index contributed by atoms with van der Waals surface area (Å²) in [6, 6.07) is 1.87. The van der Waals surface area contributed by atoms with E-state index in [1.807, 2.05) is 0 Å². The third kappa shape index (κ3) is 3.75. The summed E-state index contributed by atoms with van der Waals surface area (Å²) in [5.41, 5.74) is -0.808. The molecule has 0 saturated carbocycles. The van der Waals surface area contributed by atoms with Crippen LogP contribution in [0.3, 0.4) is 0 Å². The molecule has 1 rings (SSSR count). The maximum absolute atomic E-state index is 12.2. The Hall–Kier alpha value is -1.96. The summed E-state index contributed by atoms with van der Waals surface area (Å²) >= 11 is 5.53. The number of hydrogen-bond donors (Lipinski definition) is 1. The highest BCUT2D eigenvalue weighted by molar-refractivity contribution is 6.17. The number of nitrogens with zero attached hydrogens (tertiary/aromatic N) is 1. The Labute approximate surface area is 110 Å². The number of hydrogen-bond acceptors (Lipinski definition) is 4. The van der Waals surface area contributed by atoms with E-state index in [0.717, 1.165) is 12.1 Å². The van der Waals surface area contributed by atoms with Gasteiger partial charge in [-0.3, -0.25) is 14.9 Å². The van der Waals surface area contributed by atoms with Crippen LogP contribution >= 0.6 is 11.6 Å². The summed E-state index contributed by atoms with van der Waals surface area (Å²) in [4.78, 5) is 20.7. The van der Waals surface area contributed by atoms with E-state index in [1.54, 1.807) is 0 Å². The van der Waals surface area contributed by atoms with Crippen LogP contribution in [0.15, 0.2) is 12.1 Å². The molecular weight excluding hydrogens is 288 g/mol. The average molecular weight is 296 g/mol. The molecule has 0 amide bonds. The van der Waals surface area contributed by atoms with Gasteiger partial charge in [0.25, 0.3) is 5.69 Å². The highest BCUT2D eigenvalue weighted by Crippen LogP contribution is 2.33. The highest BCUT2D eigenvalue weighted by Gasteiger charge is 2.23. The maximum Gasteiger partial charge on any atom is 0.387 e. The van der Waals surface area contributed by atoms with Crippen molar-refractivity contribution >= 4 is 23.3 Å². The molecule has 1 N–H and O–H groups in total. The second-order valence-electron chi connectivity index (χ2n) is 3.38. The van der Waals surface area contributed by atoms with Gasteiger partial charge in [-0.1, -0.05) is 0 Å². The molecule has 0 aliphatic carbocycles. The summed E-state index contributed by atoms with van der Waals surface area (Å²) in [6.45, 7) is -3.17. The summed E-state index contributed by atoms with van der Waals surface area (Å²) in [5.74, 6) is -2.16. The lowest BCUT2D eigenvalue weighted by Crippen LogP contribution is -2.11. The number of ether oxygens (including phenoxy) is 1. The Morgan fingerprint density at radius 2 is 2.11 bits per heavy atom. The molecule has 1 aromatic carbocycles. The van der Waals surface area contributed by atoms with E-state index in [2.05, 4.69) is 4.74 Å². The molecule has 6 nitrogen and oxygen atoms in total. The van der Waals surface area contributed by atoms with E-state index in [1.165, 1.54) is 0 Å². The Morgan fingerprint density at radius 3 is 2.53 bits per heavy atom. The lowest BCUT2D eigenvalue weighted by molar-refractivity contribution is -0.385. The number of benzene rings is 1. The summed E-state index contributed by atoms with van der Waals surface area (Å²) in [5, 5.41) is 19.5. The predicted molar refractivity (Wildman–Crippen MR) is 60.6 cm³/mol. The van der Waals surface area contributed by atoms with Crippen molar-refractivity contribution < 1.29 is 28.3 Å². The van der Waals surface area contributed by atoms with E-state index in [9.17, 15) is 23.7 Å². The molecule has 104 valence electrons. The Morgan fingerprint density at radius 1 is 1.47 bits per heavy atom. The number of halogens is 3. The predicted octanol–water partition coefficient (Wildman–Crippen LogP) is 2.56. The smallest absolute Gasteiger partial charge is 0.387 e. The zero-order chi connectivity index (χ0) is 14.6. The van der Waals surface area contributed by atoms with Crippen LogP contribution in [0.2, 0.25) is 0 Å². The SMILES string of the molecule is O=C(O)Cc1c(OC(F)F)ccc([N+](=O)[O-])c1CCl. The van der Waals surface area contributed by atoms with Gasteiger partial charge in [-0.05, 0) is 6.07 Å². The van der Waals surface area contributed by atoms with E-state index >= 15 is 0 Å².